The number of carbonyl (C=O) groups is 2. The molecule has 1 atom stereocenters. The normalized spacial score (nSPS) is 15.8. The van der Waals surface area contributed by atoms with Crippen LogP contribution >= 0.6 is 11.6 Å². The molecule has 0 fully saturated rings. The van der Waals surface area contributed by atoms with Crippen molar-refractivity contribution in [3.8, 4) is 17.2 Å². The fourth-order valence-electron chi connectivity index (χ4n) is 3.25. The molecule has 30 heavy (non-hydrogen) atoms. The molecule has 1 aliphatic heterocycles. The third-order valence-electron chi connectivity index (χ3n) is 4.68. The van der Waals surface area contributed by atoms with Gasteiger partial charge in [0.1, 0.15) is 17.2 Å². The van der Waals surface area contributed by atoms with Crippen LogP contribution in [0.15, 0.2) is 47.7 Å². The number of ether oxygens (including phenoxy) is 3. The summed E-state index contributed by atoms with van der Waals surface area (Å²) in [5.41, 5.74) is 1.75. The van der Waals surface area contributed by atoms with Crippen LogP contribution in [0.25, 0.3) is 0 Å². The molecule has 158 valence electrons. The summed E-state index contributed by atoms with van der Waals surface area (Å²) in [5, 5.41) is 8.69. The number of nitrogens with one attached hydrogen (secondary N) is 3. The minimum atomic E-state index is -0.746. The van der Waals surface area contributed by atoms with Gasteiger partial charge >= 0.3 is 6.03 Å². The highest BCUT2D eigenvalue weighted by Crippen LogP contribution is 2.36. The molecule has 8 nitrogen and oxygen atoms in total. The standard InChI is InChI=1S/C21H22ClN3O5/c1-11-18(20(26)24-15-9-12(22)5-8-16(15)29-3)19(25-21(27)23-11)14-7-6-13(28-2)10-17(14)30-4/h5-10,19H,1-4H3,(H,24,26)(H2,23,25,27)/t19-/m1/s1. The summed E-state index contributed by atoms with van der Waals surface area (Å²) in [6.45, 7) is 1.66. The molecule has 3 amide bonds. The number of urea groups is 1. The fraction of sp³-hybridized carbons (Fsp3) is 0.238. The van der Waals surface area contributed by atoms with Crippen molar-refractivity contribution in [3.63, 3.8) is 0 Å². The van der Waals surface area contributed by atoms with Gasteiger partial charge in [0.05, 0.1) is 38.6 Å². The second-order valence-electron chi connectivity index (χ2n) is 6.48. The number of carbonyl (C=O) groups excluding carboxylic acids is 2. The van der Waals surface area contributed by atoms with E-state index in [1.807, 2.05) is 0 Å². The number of hydrogen-bond acceptors (Lipinski definition) is 5. The zero-order valence-corrected chi connectivity index (χ0v) is 17.7. The Balaban J connectivity index is 2.03. The summed E-state index contributed by atoms with van der Waals surface area (Å²) in [6.07, 6.45) is 0. The topological polar surface area (TPSA) is 97.9 Å². The van der Waals surface area contributed by atoms with E-state index in [4.69, 9.17) is 25.8 Å². The number of allylic oxidation sites excluding steroid dienone is 1. The van der Waals surface area contributed by atoms with E-state index < -0.39 is 18.0 Å². The molecule has 0 bridgehead atoms. The molecule has 0 unspecified atom stereocenters. The minimum absolute atomic E-state index is 0.320. The van der Waals surface area contributed by atoms with Gasteiger partial charge in [-0.3, -0.25) is 4.79 Å². The minimum Gasteiger partial charge on any atom is -0.497 e. The lowest BCUT2D eigenvalue weighted by Gasteiger charge is -2.29. The maximum absolute atomic E-state index is 13.2. The average molecular weight is 432 g/mol. The van der Waals surface area contributed by atoms with Crippen LogP contribution in [0.4, 0.5) is 10.5 Å². The van der Waals surface area contributed by atoms with Crippen molar-refractivity contribution in [2.24, 2.45) is 0 Å². The first-order chi connectivity index (χ1) is 14.4. The number of benzene rings is 2. The molecule has 0 saturated heterocycles. The van der Waals surface area contributed by atoms with E-state index >= 15 is 0 Å². The molecule has 1 heterocycles. The van der Waals surface area contributed by atoms with Gasteiger partial charge in [0.25, 0.3) is 5.91 Å². The molecule has 2 aromatic carbocycles. The van der Waals surface area contributed by atoms with Crippen molar-refractivity contribution >= 4 is 29.2 Å². The van der Waals surface area contributed by atoms with E-state index in [1.165, 1.54) is 14.2 Å². The van der Waals surface area contributed by atoms with Crippen molar-refractivity contribution in [3.05, 3.63) is 58.3 Å². The van der Waals surface area contributed by atoms with Crippen molar-refractivity contribution in [2.75, 3.05) is 26.6 Å². The van der Waals surface area contributed by atoms with Gasteiger partial charge in [0.2, 0.25) is 0 Å². The van der Waals surface area contributed by atoms with Gasteiger partial charge in [0, 0.05) is 22.3 Å². The average Bonchev–Trinajstić information content (AvgIpc) is 2.72. The maximum atomic E-state index is 13.2. The Kier molecular flexibility index (Phi) is 6.37. The Labute approximate surface area is 179 Å². The lowest BCUT2D eigenvalue weighted by molar-refractivity contribution is -0.113. The fourth-order valence-corrected chi connectivity index (χ4v) is 3.42. The summed E-state index contributed by atoms with van der Waals surface area (Å²) in [4.78, 5) is 25.4. The van der Waals surface area contributed by atoms with Crippen LogP contribution in [0.1, 0.15) is 18.5 Å². The van der Waals surface area contributed by atoms with Crippen LogP contribution in [0.3, 0.4) is 0 Å². The summed E-state index contributed by atoms with van der Waals surface area (Å²) in [6, 6.07) is 8.90. The summed E-state index contributed by atoms with van der Waals surface area (Å²) in [5.74, 6) is 1.09. The molecule has 0 spiro atoms. The number of methoxy groups -OCH3 is 3. The Morgan fingerprint density at radius 3 is 2.43 bits per heavy atom. The molecule has 2 aromatic rings. The van der Waals surface area contributed by atoms with Crippen molar-refractivity contribution in [2.45, 2.75) is 13.0 Å². The largest absolute Gasteiger partial charge is 0.497 e. The highest BCUT2D eigenvalue weighted by molar-refractivity contribution is 6.31. The molecular formula is C21H22ClN3O5. The Morgan fingerprint density at radius 2 is 1.77 bits per heavy atom. The van der Waals surface area contributed by atoms with Crippen molar-refractivity contribution in [1.29, 1.82) is 0 Å². The first-order valence-electron chi connectivity index (χ1n) is 9.03. The van der Waals surface area contributed by atoms with Crippen molar-refractivity contribution in [1.82, 2.24) is 10.6 Å². The third kappa shape index (κ3) is 4.28. The van der Waals surface area contributed by atoms with Gasteiger partial charge < -0.3 is 30.2 Å². The second kappa shape index (κ2) is 8.96. The number of hydrogen-bond donors (Lipinski definition) is 3. The Bertz CT molecular complexity index is 1020. The van der Waals surface area contributed by atoms with Gasteiger partial charge in [-0.25, -0.2) is 4.79 Å². The van der Waals surface area contributed by atoms with Gasteiger partial charge in [0.15, 0.2) is 0 Å². The van der Waals surface area contributed by atoms with E-state index in [2.05, 4.69) is 16.0 Å². The van der Waals surface area contributed by atoms with Gasteiger partial charge in [-0.2, -0.15) is 0 Å². The number of halogens is 1. The summed E-state index contributed by atoms with van der Waals surface area (Å²) in [7, 11) is 4.55. The molecule has 1 aliphatic rings. The number of rotatable bonds is 6. The smallest absolute Gasteiger partial charge is 0.319 e. The highest BCUT2D eigenvalue weighted by atomic mass is 35.5. The van der Waals surface area contributed by atoms with E-state index in [0.717, 1.165) is 0 Å². The van der Waals surface area contributed by atoms with Gasteiger partial charge in [-0.1, -0.05) is 11.6 Å². The zero-order valence-electron chi connectivity index (χ0n) is 17.0. The van der Waals surface area contributed by atoms with Crippen LogP contribution < -0.4 is 30.2 Å². The zero-order chi connectivity index (χ0) is 21.8. The predicted octanol–water partition coefficient (Wildman–Crippen LogP) is 3.63. The monoisotopic (exact) mass is 431 g/mol. The van der Waals surface area contributed by atoms with Crippen LogP contribution in [-0.2, 0) is 4.79 Å². The maximum Gasteiger partial charge on any atom is 0.319 e. The van der Waals surface area contributed by atoms with E-state index in [0.29, 0.717) is 44.8 Å². The molecule has 0 saturated carbocycles. The van der Waals surface area contributed by atoms with Gasteiger partial charge in [-0.05, 0) is 37.3 Å². The van der Waals surface area contributed by atoms with Gasteiger partial charge in [-0.15, -0.1) is 0 Å². The molecule has 9 heteroatoms. The van der Waals surface area contributed by atoms with Crippen molar-refractivity contribution < 1.29 is 23.8 Å². The van der Waals surface area contributed by atoms with E-state index in [1.54, 1.807) is 50.4 Å². The Morgan fingerprint density at radius 1 is 1.03 bits per heavy atom. The molecule has 3 N–H and O–H groups in total. The third-order valence-corrected chi connectivity index (χ3v) is 4.91. The van der Waals surface area contributed by atoms with Crippen LogP contribution in [0.2, 0.25) is 5.02 Å². The molecular weight excluding hydrogens is 410 g/mol. The summed E-state index contributed by atoms with van der Waals surface area (Å²) < 4.78 is 16.0. The lowest BCUT2D eigenvalue weighted by atomic mass is 9.94. The lowest BCUT2D eigenvalue weighted by Crippen LogP contribution is -2.46. The first-order valence-corrected chi connectivity index (χ1v) is 9.40. The van der Waals surface area contributed by atoms with E-state index in [9.17, 15) is 9.59 Å². The van der Waals surface area contributed by atoms with Crippen LogP contribution in [-0.4, -0.2) is 33.3 Å². The molecule has 0 aliphatic carbocycles. The SMILES string of the molecule is COc1ccc([C@H]2NC(=O)NC(C)=C2C(=O)Nc2cc(Cl)ccc2OC)c(OC)c1. The summed E-state index contributed by atoms with van der Waals surface area (Å²) >= 11 is 6.07. The first kappa shape index (κ1) is 21.3. The molecule has 3 rings (SSSR count). The quantitative estimate of drug-likeness (QED) is 0.648. The second-order valence-corrected chi connectivity index (χ2v) is 6.91. The number of amides is 3. The van der Waals surface area contributed by atoms with Crippen LogP contribution in [0.5, 0.6) is 17.2 Å². The molecule has 0 aromatic heterocycles. The molecule has 0 radical (unpaired) electrons. The predicted molar refractivity (Wildman–Crippen MR) is 113 cm³/mol. The number of anilines is 1. The van der Waals surface area contributed by atoms with E-state index in [-0.39, 0.29) is 0 Å². The highest BCUT2D eigenvalue weighted by Gasteiger charge is 2.33. The Hall–Kier alpha value is -3.39. The van der Waals surface area contributed by atoms with Crippen LogP contribution in [0, 0.1) is 0 Å².